The molecule has 0 aliphatic heterocycles. The molecule has 3 nitrogen and oxygen atoms in total. The summed E-state index contributed by atoms with van der Waals surface area (Å²) in [5.41, 5.74) is 1.03. The molecule has 1 aromatic carbocycles. The Labute approximate surface area is 84.5 Å². The first-order chi connectivity index (χ1) is 5.47. The van der Waals surface area contributed by atoms with Crippen molar-refractivity contribution in [3.8, 4) is 11.4 Å². The average molecular weight is 328 g/mol. The Morgan fingerprint density at radius 1 is 1.17 bits per heavy atom. The van der Waals surface area contributed by atoms with E-state index in [1.54, 1.807) is 0 Å². The van der Waals surface area contributed by atoms with E-state index in [1.807, 2.05) is 30.3 Å². The van der Waals surface area contributed by atoms with Crippen molar-refractivity contribution in [1.82, 2.24) is 15.2 Å². The summed E-state index contributed by atoms with van der Waals surface area (Å²) in [6.07, 6.45) is 2.47. The molecule has 0 saturated carbocycles. The number of nitrogens with zero attached hydrogens (tertiary/aromatic N) is 2. The van der Waals surface area contributed by atoms with Crippen LogP contribution in [0.3, 0.4) is 0 Å². The van der Waals surface area contributed by atoms with E-state index in [-0.39, 0.29) is 21.1 Å². The maximum absolute atomic E-state index is 3.89. The summed E-state index contributed by atoms with van der Waals surface area (Å²) in [5, 5.41) is 6.37. The Balaban J connectivity index is 0.000000720. The van der Waals surface area contributed by atoms with E-state index in [2.05, 4.69) is 21.5 Å². The molecule has 1 N–H and O–H groups in total. The zero-order chi connectivity index (χ0) is 7.52. The molecule has 0 aliphatic carbocycles. The molecule has 0 saturated heterocycles. The molecule has 0 fully saturated rings. The molecule has 0 atom stereocenters. The number of benzene rings is 1. The zero-order valence-corrected chi connectivity index (χ0v) is 9.12. The first-order valence-electron chi connectivity index (χ1n) is 3.31. The van der Waals surface area contributed by atoms with Gasteiger partial charge in [0.15, 0.2) is 0 Å². The van der Waals surface area contributed by atoms with E-state index >= 15 is 0 Å². The van der Waals surface area contributed by atoms with Gasteiger partial charge in [-0.1, -0.05) is 35.9 Å². The van der Waals surface area contributed by atoms with Crippen LogP contribution in [-0.2, 0) is 21.1 Å². The van der Waals surface area contributed by atoms with Crippen LogP contribution in [0.1, 0.15) is 0 Å². The summed E-state index contributed by atoms with van der Waals surface area (Å²) >= 11 is 0. The smallest absolute Gasteiger partial charge is 0 e. The van der Waals surface area contributed by atoms with Crippen molar-refractivity contribution in [3.63, 3.8) is 0 Å². The summed E-state index contributed by atoms with van der Waals surface area (Å²) < 4.78 is 0. The summed E-state index contributed by atoms with van der Waals surface area (Å²) in [5.74, 6) is 0.755. The molecule has 2 aromatic rings. The standard InChI is InChI=1S/C8H6N3.W/c1-2-4-7(5-3-1)8-9-6-10-11-8;/h1-5H,(H,9,10,11);/q-1;. The molecule has 4 heteroatoms. The summed E-state index contributed by atoms with van der Waals surface area (Å²) in [7, 11) is 0. The van der Waals surface area contributed by atoms with Crippen molar-refractivity contribution in [3.05, 3.63) is 36.7 Å². The van der Waals surface area contributed by atoms with E-state index in [0.717, 1.165) is 11.4 Å². The van der Waals surface area contributed by atoms with Gasteiger partial charge in [-0.15, -0.1) is 0 Å². The van der Waals surface area contributed by atoms with Crippen molar-refractivity contribution in [2.45, 2.75) is 0 Å². The van der Waals surface area contributed by atoms with Gasteiger partial charge >= 0.3 is 0 Å². The molecule has 0 aliphatic rings. The number of H-pyrrole nitrogens is 1. The van der Waals surface area contributed by atoms with Crippen LogP contribution in [0.25, 0.3) is 11.4 Å². The van der Waals surface area contributed by atoms with E-state index in [9.17, 15) is 0 Å². The molecule has 0 unspecified atom stereocenters. The normalized spacial score (nSPS) is 9.00. The Morgan fingerprint density at radius 3 is 2.50 bits per heavy atom. The third kappa shape index (κ3) is 1.80. The SMILES string of the molecule is [W].[c-]1n[nH]c(-c2ccccc2)n1. The van der Waals surface area contributed by atoms with E-state index < -0.39 is 0 Å². The van der Waals surface area contributed by atoms with Gasteiger partial charge in [0.05, 0.1) is 0 Å². The summed E-state index contributed by atoms with van der Waals surface area (Å²) in [4.78, 5) is 3.89. The zero-order valence-electron chi connectivity index (χ0n) is 6.19. The van der Waals surface area contributed by atoms with Gasteiger partial charge in [-0.25, -0.2) is 0 Å². The van der Waals surface area contributed by atoms with Gasteiger partial charge < -0.3 is 10.1 Å². The summed E-state index contributed by atoms with van der Waals surface area (Å²) in [6, 6.07) is 9.81. The second-order valence-electron chi connectivity index (χ2n) is 2.15. The predicted octanol–water partition coefficient (Wildman–Crippen LogP) is 1.27. The van der Waals surface area contributed by atoms with E-state index in [0.29, 0.717) is 0 Å². The van der Waals surface area contributed by atoms with Crippen LogP contribution in [-0.4, -0.2) is 15.2 Å². The van der Waals surface area contributed by atoms with Crippen molar-refractivity contribution < 1.29 is 21.1 Å². The van der Waals surface area contributed by atoms with Crippen LogP contribution >= 0.6 is 0 Å². The predicted molar refractivity (Wildman–Crippen MR) is 40.7 cm³/mol. The van der Waals surface area contributed by atoms with Crippen LogP contribution < -0.4 is 0 Å². The maximum atomic E-state index is 3.89. The molecule has 2 rings (SSSR count). The Bertz CT molecular complexity index is 317. The number of hydrogen-bond donors (Lipinski definition) is 1. The number of hydrogen-bond acceptors (Lipinski definition) is 2. The average Bonchev–Trinajstić information content (AvgIpc) is 2.58. The fourth-order valence-electron chi connectivity index (χ4n) is 0.903. The molecular formula is C8H6N3W-. The second kappa shape index (κ2) is 4.17. The molecule has 1 heterocycles. The van der Waals surface area contributed by atoms with Gasteiger partial charge in [0.25, 0.3) is 0 Å². The molecular weight excluding hydrogens is 322 g/mol. The first-order valence-corrected chi connectivity index (χ1v) is 3.31. The number of nitrogens with one attached hydrogen (secondary N) is 1. The molecule has 0 spiro atoms. The number of aromatic nitrogens is 3. The third-order valence-electron chi connectivity index (χ3n) is 1.42. The fourth-order valence-corrected chi connectivity index (χ4v) is 0.903. The topological polar surface area (TPSA) is 41.6 Å². The van der Waals surface area contributed by atoms with E-state index in [1.165, 1.54) is 0 Å². The minimum absolute atomic E-state index is 0. The quantitative estimate of drug-likeness (QED) is 0.801. The largest absolute Gasteiger partial charge is 0.414 e. The molecule has 0 bridgehead atoms. The molecule has 0 radical (unpaired) electrons. The van der Waals surface area contributed by atoms with Gasteiger partial charge in [-0.05, 0) is 12.2 Å². The van der Waals surface area contributed by atoms with Crippen molar-refractivity contribution in [2.24, 2.45) is 0 Å². The van der Waals surface area contributed by atoms with E-state index in [4.69, 9.17) is 0 Å². The molecule has 0 amide bonds. The fraction of sp³-hybridized carbons (Fsp3) is 0. The van der Waals surface area contributed by atoms with Gasteiger partial charge in [0, 0.05) is 21.1 Å². The molecule has 12 heavy (non-hydrogen) atoms. The van der Waals surface area contributed by atoms with Crippen LogP contribution in [0.2, 0.25) is 0 Å². The van der Waals surface area contributed by atoms with Gasteiger partial charge in [-0.3, -0.25) is 5.10 Å². The monoisotopic (exact) mass is 328 g/mol. The van der Waals surface area contributed by atoms with Gasteiger partial charge in [0.2, 0.25) is 0 Å². The Hall–Kier alpha value is -0.952. The minimum atomic E-state index is 0. The minimum Gasteiger partial charge on any atom is -0.414 e. The molecule has 60 valence electrons. The van der Waals surface area contributed by atoms with Crippen LogP contribution in [0.15, 0.2) is 30.3 Å². The first kappa shape index (κ1) is 9.14. The second-order valence-corrected chi connectivity index (χ2v) is 2.15. The maximum Gasteiger partial charge on any atom is 0 e. The van der Waals surface area contributed by atoms with Crippen LogP contribution in [0, 0.1) is 6.33 Å². The third-order valence-corrected chi connectivity index (χ3v) is 1.42. The van der Waals surface area contributed by atoms with Crippen molar-refractivity contribution in [1.29, 1.82) is 0 Å². The number of rotatable bonds is 1. The van der Waals surface area contributed by atoms with Gasteiger partial charge in [-0.2, -0.15) is 0 Å². The Morgan fingerprint density at radius 2 is 1.92 bits per heavy atom. The Kier molecular flexibility index (Phi) is 3.17. The van der Waals surface area contributed by atoms with Crippen LogP contribution in [0.4, 0.5) is 0 Å². The van der Waals surface area contributed by atoms with Gasteiger partial charge in [0.1, 0.15) is 0 Å². The van der Waals surface area contributed by atoms with Crippen molar-refractivity contribution in [2.75, 3.05) is 0 Å². The van der Waals surface area contributed by atoms with Crippen molar-refractivity contribution >= 4 is 0 Å². The van der Waals surface area contributed by atoms with Crippen LogP contribution in [0.5, 0.6) is 0 Å². The summed E-state index contributed by atoms with van der Waals surface area (Å²) in [6.45, 7) is 0. The number of aromatic amines is 1. The molecule has 1 aromatic heterocycles.